The highest BCUT2D eigenvalue weighted by atomic mass is 16.5. The van der Waals surface area contributed by atoms with Gasteiger partial charge in [0.05, 0.1) is 0 Å². The molecule has 3 rings (SSSR count). The lowest BCUT2D eigenvalue weighted by molar-refractivity contribution is 0.344. The zero-order valence-corrected chi connectivity index (χ0v) is 8.06. The highest BCUT2D eigenvalue weighted by Gasteiger charge is 2.32. The number of nitrogens with zero attached hydrogens (tertiary/aromatic N) is 1. The number of rotatable bonds is 0. The third-order valence-electron chi connectivity index (χ3n) is 2.19. The van der Waals surface area contributed by atoms with Gasteiger partial charge in [-0.2, -0.15) is 0 Å². The molecule has 0 aromatic heterocycles. The number of hydrogen-bond donors (Lipinski definition) is 2. The van der Waals surface area contributed by atoms with Crippen LogP contribution in [-0.2, 0) is 4.74 Å². The zero-order chi connectivity index (χ0) is 11.1. The van der Waals surface area contributed by atoms with Crippen LogP contribution in [0.25, 0.3) is 0 Å². The van der Waals surface area contributed by atoms with Crippen molar-refractivity contribution in [3.05, 3.63) is 58.8 Å². The van der Waals surface area contributed by atoms with Crippen LogP contribution in [0.3, 0.4) is 0 Å². The molecule has 0 atom stereocenters. The molecule has 0 radical (unpaired) electrons. The molecule has 2 N–H and O–H groups in total. The predicted octanol–water partition coefficient (Wildman–Crippen LogP) is 0.955. The maximum absolute atomic E-state index is 9.25. The second kappa shape index (κ2) is 2.93. The van der Waals surface area contributed by atoms with Crippen molar-refractivity contribution in [3.63, 3.8) is 0 Å². The first-order valence-corrected chi connectivity index (χ1v) is 4.62. The average Bonchev–Trinajstić information content (AvgIpc) is 2.26. The Kier molecular flexibility index (Phi) is 1.58. The molecule has 0 unspecified atom stereocenters. The molecule has 3 aliphatic rings. The van der Waals surface area contributed by atoms with Crippen LogP contribution in [0.2, 0.25) is 0 Å². The topological polar surface area (TPSA) is 63.8 Å². The molecule has 2 aliphatic carbocycles. The third-order valence-corrected chi connectivity index (χ3v) is 2.19. The number of hydrogen-bond acceptors (Lipinski definition) is 3. The second-order valence-corrected chi connectivity index (χ2v) is 3.33. The zero-order valence-electron chi connectivity index (χ0n) is 8.06. The smallest absolute Gasteiger partial charge is 0.378 e. The van der Waals surface area contributed by atoms with Crippen molar-refractivity contribution in [1.29, 1.82) is 0 Å². The summed E-state index contributed by atoms with van der Waals surface area (Å²) in [7, 11) is 0. The average molecular weight is 212 g/mol. The summed E-state index contributed by atoms with van der Waals surface area (Å²) in [4.78, 5) is 0. The molecule has 0 saturated carbocycles. The molecule has 0 aromatic carbocycles. The van der Waals surface area contributed by atoms with Gasteiger partial charge in [0.25, 0.3) is 11.5 Å². The molecule has 1 aliphatic heterocycles. The van der Waals surface area contributed by atoms with Gasteiger partial charge < -0.3 is 14.9 Å². The fourth-order valence-corrected chi connectivity index (χ4v) is 1.47. The Labute approximate surface area is 90.5 Å². The van der Waals surface area contributed by atoms with Gasteiger partial charge in [0.2, 0.25) is 0 Å². The molecule has 16 heavy (non-hydrogen) atoms. The summed E-state index contributed by atoms with van der Waals surface area (Å²) in [5, 5.41) is 18.5. The standard InChI is InChI=1S/C12H5NO3/c14-7-1-3-9-11(5-7)16-12-6-8(15)2-4-10(12)13-9/h1-4H,(H-,14,15)/p+1. The predicted molar refractivity (Wildman–Crippen MR) is 57.8 cm³/mol. The molecule has 0 amide bonds. The van der Waals surface area contributed by atoms with Gasteiger partial charge in [0, 0.05) is 12.2 Å². The van der Waals surface area contributed by atoms with Crippen LogP contribution in [0.1, 0.15) is 0 Å². The number of fused-ring (bicyclic) bond motifs is 2. The van der Waals surface area contributed by atoms with E-state index in [9.17, 15) is 10.2 Å². The number of allylic oxidation sites excluding steroid dienone is 2. The lowest BCUT2D eigenvalue weighted by Gasteiger charge is -2.07. The number of ether oxygens (including phenoxy) is 1. The van der Waals surface area contributed by atoms with Crippen molar-refractivity contribution in [2.45, 2.75) is 0 Å². The van der Waals surface area contributed by atoms with Gasteiger partial charge in [-0.15, -0.1) is 0 Å². The van der Waals surface area contributed by atoms with Gasteiger partial charge in [-0.05, 0) is 23.6 Å². The normalized spacial score (nSPS) is 20.2. The summed E-state index contributed by atoms with van der Waals surface area (Å²) in [5.41, 5.74) is 6.43. The summed E-state index contributed by atoms with van der Waals surface area (Å²) in [6.45, 7) is 0. The van der Waals surface area contributed by atoms with E-state index in [-0.39, 0.29) is 11.5 Å². The van der Waals surface area contributed by atoms with E-state index in [1.807, 2.05) is 0 Å². The van der Waals surface area contributed by atoms with Crippen LogP contribution in [-0.4, -0.2) is 21.6 Å². The summed E-state index contributed by atoms with van der Waals surface area (Å²) in [6.07, 6.45) is 6.25. The van der Waals surface area contributed by atoms with Crippen molar-refractivity contribution < 1.29 is 14.9 Å². The van der Waals surface area contributed by atoms with Gasteiger partial charge in [-0.3, -0.25) is 0 Å². The summed E-state index contributed by atoms with van der Waals surface area (Å²) in [5.74, 6) is 0.624. The molecule has 4 nitrogen and oxygen atoms in total. The Balaban J connectivity index is 2.33. The van der Waals surface area contributed by atoms with Gasteiger partial charge in [-0.25, -0.2) is 0 Å². The van der Waals surface area contributed by atoms with Crippen molar-refractivity contribution in [2.75, 3.05) is 0 Å². The molecule has 76 valence electrons. The van der Waals surface area contributed by atoms with E-state index < -0.39 is 0 Å². The molecule has 4 heteroatoms. The Morgan fingerprint density at radius 1 is 0.875 bits per heavy atom. The van der Waals surface area contributed by atoms with Crippen LogP contribution in [0.4, 0.5) is 0 Å². The highest BCUT2D eigenvalue weighted by Crippen LogP contribution is 2.17. The van der Waals surface area contributed by atoms with Crippen LogP contribution in [0.5, 0.6) is 0 Å². The van der Waals surface area contributed by atoms with Gasteiger partial charge in [0.15, 0.2) is 11.5 Å². The molecule has 0 spiro atoms. The first-order valence-electron chi connectivity index (χ1n) is 4.62. The SMILES string of the molecule is OC1=C=C2OC3=C=C(O)C=CC3=[N+]=C2C=C1. The van der Waals surface area contributed by atoms with Gasteiger partial charge in [0.1, 0.15) is 0 Å². The van der Waals surface area contributed by atoms with Crippen LogP contribution in [0, 0.1) is 0 Å². The lowest BCUT2D eigenvalue weighted by atomic mass is 10.1. The fourth-order valence-electron chi connectivity index (χ4n) is 1.47. The number of aliphatic hydroxyl groups is 2. The molecule has 0 saturated heterocycles. The largest absolute Gasteiger partial charge is 0.501 e. The first-order chi connectivity index (χ1) is 7.72. The molecular formula is C12H6NO3+. The second-order valence-electron chi connectivity index (χ2n) is 3.33. The highest BCUT2D eigenvalue weighted by molar-refractivity contribution is 6.17. The lowest BCUT2D eigenvalue weighted by Crippen LogP contribution is -2.21. The minimum atomic E-state index is -0.0162. The van der Waals surface area contributed by atoms with Crippen LogP contribution >= 0.6 is 0 Å². The van der Waals surface area contributed by atoms with Crippen molar-refractivity contribution in [2.24, 2.45) is 0 Å². The molecule has 0 bridgehead atoms. The number of aliphatic hydroxyl groups excluding tert-OH is 2. The summed E-state index contributed by atoms with van der Waals surface area (Å²) < 4.78 is 9.70. The van der Waals surface area contributed by atoms with E-state index in [0.29, 0.717) is 22.9 Å². The molecule has 0 fully saturated rings. The van der Waals surface area contributed by atoms with Crippen molar-refractivity contribution in [1.82, 2.24) is 4.67 Å². The van der Waals surface area contributed by atoms with E-state index in [1.54, 1.807) is 12.2 Å². The Morgan fingerprint density at radius 3 is 1.88 bits per heavy atom. The third kappa shape index (κ3) is 1.24. The monoisotopic (exact) mass is 212 g/mol. The summed E-state index contributed by atoms with van der Waals surface area (Å²) >= 11 is 0. The molecular weight excluding hydrogens is 206 g/mol. The molecule has 0 aromatic rings. The van der Waals surface area contributed by atoms with Crippen LogP contribution in [0.15, 0.2) is 58.8 Å². The Morgan fingerprint density at radius 2 is 1.38 bits per heavy atom. The first kappa shape index (κ1) is 8.66. The minimum Gasteiger partial charge on any atom is -0.501 e. The van der Waals surface area contributed by atoms with Gasteiger partial charge in [-0.1, -0.05) is 4.67 Å². The van der Waals surface area contributed by atoms with Crippen molar-refractivity contribution in [3.8, 4) is 0 Å². The Bertz CT molecular complexity index is 600. The minimum absolute atomic E-state index is 0.0162. The van der Waals surface area contributed by atoms with E-state index in [4.69, 9.17) is 4.74 Å². The van der Waals surface area contributed by atoms with E-state index in [1.165, 1.54) is 12.2 Å². The quantitative estimate of drug-likeness (QED) is 0.464. The maximum atomic E-state index is 9.25. The Hall–Kier alpha value is -2.63. The van der Waals surface area contributed by atoms with E-state index in [2.05, 4.69) is 16.1 Å². The van der Waals surface area contributed by atoms with E-state index in [0.717, 1.165) is 0 Å². The van der Waals surface area contributed by atoms with E-state index >= 15 is 0 Å². The molecule has 1 heterocycles. The van der Waals surface area contributed by atoms with Crippen molar-refractivity contribution >= 4 is 11.4 Å². The van der Waals surface area contributed by atoms with Gasteiger partial charge >= 0.3 is 11.4 Å². The fraction of sp³-hybridized carbons (Fsp3) is 0. The van der Waals surface area contributed by atoms with Crippen LogP contribution < -0.4 is 4.67 Å². The maximum Gasteiger partial charge on any atom is 0.378 e. The summed E-state index contributed by atoms with van der Waals surface area (Å²) in [6, 6.07) is 0.